The molecule has 41 heavy (non-hydrogen) atoms. The van der Waals surface area contributed by atoms with Crippen molar-refractivity contribution in [2.75, 3.05) is 18.4 Å². The molecule has 2 fully saturated rings. The second kappa shape index (κ2) is 13.9. The van der Waals surface area contributed by atoms with E-state index in [2.05, 4.69) is 59.5 Å². The lowest BCUT2D eigenvalue weighted by atomic mass is 9.57. The summed E-state index contributed by atoms with van der Waals surface area (Å²) in [6.45, 7) is 11.2. The Kier molecular flexibility index (Phi) is 10.6. The first kappa shape index (κ1) is 31.2. The molecule has 2 aromatic rings. The molecule has 1 aromatic heterocycles. The molecule has 6 nitrogen and oxygen atoms in total. The van der Waals surface area contributed by atoms with Crippen LogP contribution in [0.15, 0.2) is 42.7 Å². The van der Waals surface area contributed by atoms with Gasteiger partial charge in [-0.15, -0.1) is 0 Å². The van der Waals surface area contributed by atoms with Crippen molar-refractivity contribution >= 4 is 17.8 Å². The summed E-state index contributed by atoms with van der Waals surface area (Å²) < 4.78 is 0. The highest BCUT2D eigenvalue weighted by atomic mass is 16.2. The number of amides is 2. The average Bonchev–Trinajstić information content (AvgIpc) is 2.94. The number of hydrogen-bond donors (Lipinski definition) is 1. The summed E-state index contributed by atoms with van der Waals surface area (Å²) >= 11 is 0. The highest BCUT2D eigenvalue weighted by Gasteiger charge is 2.45. The average molecular weight is 561 g/mol. The summed E-state index contributed by atoms with van der Waals surface area (Å²) in [5.41, 5.74) is 2.63. The van der Waals surface area contributed by atoms with E-state index in [-0.39, 0.29) is 41.1 Å². The van der Waals surface area contributed by atoms with Crippen LogP contribution in [0.1, 0.15) is 109 Å². The highest BCUT2D eigenvalue weighted by Crippen LogP contribution is 2.53. The standard InChI is InChI=1S/C35H52N4O2/c1-6-27(4)21-35(30-13-8-7-9-14-30)19-17-34(18-20-35,16-15-29-11-10-12-29)25-39(32(41)26(2)3)24-31(40)38-33-36-22-28(5)23-37-33/h7-9,13-14,22-23,26-27,29H,6,10-12,15-21,24-25H2,1-5H3,(H,36,37,38,40). The lowest BCUT2D eigenvalue weighted by Crippen LogP contribution is -2.49. The molecule has 1 aromatic carbocycles. The second-order valence-electron chi connectivity index (χ2n) is 13.7. The molecule has 2 saturated carbocycles. The third kappa shape index (κ3) is 8.17. The first-order valence-electron chi connectivity index (χ1n) is 16.1. The third-order valence-corrected chi connectivity index (χ3v) is 10.1. The minimum Gasteiger partial charge on any atom is -0.333 e. The molecule has 1 heterocycles. The molecule has 6 heteroatoms. The number of hydrogen-bond acceptors (Lipinski definition) is 4. The van der Waals surface area contributed by atoms with Crippen molar-refractivity contribution in [3.05, 3.63) is 53.9 Å². The molecule has 2 aliphatic carbocycles. The first-order valence-corrected chi connectivity index (χ1v) is 16.1. The van der Waals surface area contributed by atoms with Gasteiger partial charge in [-0.25, -0.2) is 9.97 Å². The Morgan fingerprint density at radius 1 is 1.02 bits per heavy atom. The number of nitrogens with zero attached hydrogens (tertiary/aromatic N) is 3. The molecule has 2 aliphatic rings. The van der Waals surface area contributed by atoms with Crippen LogP contribution in [0.5, 0.6) is 0 Å². The second-order valence-corrected chi connectivity index (χ2v) is 13.7. The van der Waals surface area contributed by atoms with Gasteiger partial charge in [-0.1, -0.05) is 83.7 Å². The smallest absolute Gasteiger partial charge is 0.246 e. The summed E-state index contributed by atoms with van der Waals surface area (Å²) in [4.78, 5) is 37.0. The van der Waals surface area contributed by atoms with E-state index in [9.17, 15) is 9.59 Å². The maximum atomic E-state index is 13.5. The SMILES string of the molecule is CCC(C)CC1(c2ccccc2)CCC(CCC2CCC2)(CN(CC(=O)Nc2ncc(C)cn2)C(=O)C(C)C)CC1. The first-order chi connectivity index (χ1) is 19.6. The molecule has 224 valence electrons. The largest absolute Gasteiger partial charge is 0.333 e. The minimum atomic E-state index is -0.233. The molecule has 1 unspecified atom stereocenters. The summed E-state index contributed by atoms with van der Waals surface area (Å²) in [5.74, 6) is 1.43. The van der Waals surface area contributed by atoms with E-state index < -0.39 is 0 Å². The van der Waals surface area contributed by atoms with Gasteiger partial charge < -0.3 is 4.90 Å². The fraction of sp³-hybridized carbons (Fsp3) is 0.657. The van der Waals surface area contributed by atoms with Gasteiger partial charge in [0.2, 0.25) is 17.8 Å². The van der Waals surface area contributed by atoms with E-state index in [1.807, 2.05) is 25.7 Å². The van der Waals surface area contributed by atoms with Crippen molar-refractivity contribution < 1.29 is 9.59 Å². The van der Waals surface area contributed by atoms with Crippen LogP contribution in [0.2, 0.25) is 0 Å². The fourth-order valence-corrected chi connectivity index (χ4v) is 7.03. The third-order valence-electron chi connectivity index (χ3n) is 10.1. The van der Waals surface area contributed by atoms with Crippen molar-refractivity contribution in [3.8, 4) is 0 Å². The monoisotopic (exact) mass is 560 g/mol. The molecule has 1 atom stereocenters. The molecule has 0 saturated heterocycles. The summed E-state index contributed by atoms with van der Waals surface area (Å²) in [6.07, 6.45) is 16.6. The number of nitrogens with one attached hydrogen (secondary N) is 1. The van der Waals surface area contributed by atoms with Crippen LogP contribution < -0.4 is 5.32 Å². The molecule has 0 bridgehead atoms. The number of carbonyl (C=O) groups is 2. The molecule has 0 spiro atoms. The van der Waals surface area contributed by atoms with Crippen LogP contribution in [-0.4, -0.2) is 39.8 Å². The van der Waals surface area contributed by atoms with E-state index in [4.69, 9.17) is 0 Å². The Bertz CT molecular complexity index is 1120. The van der Waals surface area contributed by atoms with Crippen LogP contribution >= 0.6 is 0 Å². The zero-order chi connectivity index (χ0) is 29.5. The molecule has 0 aliphatic heterocycles. The van der Waals surface area contributed by atoms with Crippen LogP contribution in [0.4, 0.5) is 5.95 Å². The highest BCUT2D eigenvalue weighted by molar-refractivity contribution is 5.93. The van der Waals surface area contributed by atoms with Crippen molar-refractivity contribution in [2.45, 2.75) is 111 Å². The van der Waals surface area contributed by atoms with E-state index in [1.54, 1.807) is 12.4 Å². The topological polar surface area (TPSA) is 75.2 Å². The quantitative estimate of drug-likeness (QED) is 0.272. The summed E-state index contributed by atoms with van der Waals surface area (Å²) in [7, 11) is 0. The maximum Gasteiger partial charge on any atom is 0.246 e. The fourth-order valence-electron chi connectivity index (χ4n) is 7.03. The Hall–Kier alpha value is -2.76. The van der Waals surface area contributed by atoms with Gasteiger partial charge >= 0.3 is 0 Å². The Labute approximate surface area is 248 Å². The molecule has 4 rings (SSSR count). The lowest BCUT2D eigenvalue weighted by molar-refractivity contribution is -0.140. The number of aryl methyl sites for hydroxylation is 1. The van der Waals surface area contributed by atoms with E-state index in [0.29, 0.717) is 12.5 Å². The molecule has 0 radical (unpaired) electrons. The zero-order valence-corrected chi connectivity index (χ0v) is 26.1. The number of carbonyl (C=O) groups excluding carboxylic acids is 2. The maximum absolute atomic E-state index is 13.5. The van der Waals surface area contributed by atoms with Crippen LogP contribution in [0, 0.1) is 30.1 Å². The predicted octanol–water partition coefficient (Wildman–Crippen LogP) is 7.72. The lowest BCUT2D eigenvalue weighted by Gasteiger charge is -2.50. The van der Waals surface area contributed by atoms with Crippen LogP contribution in [0.25, 0.3) is 0 Å². The minimum absolute atomic E-state index is 0.0362. The van der Waals surface area contributed by atoms with Gasteiger partial charge in [0.25, 0.3) is 0 Å². The van der Waals surface area contributed by atoms with Crippen LogP contribution in [0.3, 0.4) is 0 Å². The molecular weight excluding hydrogens is 508 g/mol. The Morgan fingerprint density at radius 2 is 1.68 bits per heavy atom. The number of benzene rings is 1. The van der Waals surface area contributed by atoms with E-state index in [1.165, 1.54) is 44.1 Å². The normalized spacial score (nSPS) is 23.6. The number of anilines is 1. The molecular formula is C35H52N4O2. The van der Waals surface area contributed by atoms with Gasteiger partial charge in [0.15, 0.2) is 0 Å². The Morgan fingerprint density at radius 3 is 2.24 bits per heavy atom. The van der Waals surface area contributed by atoms with E-state index in [0.717, 1.165) is 43.6 Å². The molecule has 1 N–H and O–H groups in total. The van der Waals surface area contributed by atoms with Gasteiger partial charge in [-0.3, -0.25) is 14.9 Å². The van der Waals surface area contributed by atoms with Crippen molar-refractivity contribution in [2.24, 2.45) is 23.2 Å². The van der Waals surface area contributed by atoms with Gasteiger partial charge in [-0.2, -0.15) is 0 Å². The molecule has 2 amide bonds. The number of aromatic nitrogens is 2. The number of rotatable bonds is 13. The van der Waals surface area contributed by atoms with Gasteiger partial charge in [0.1, 0.15) is 0 Å². The van der Waals surface area contributed by atoms with Gasteiger partial charge in [0.05, 0.1) is 6.54 Å². The van der Waals surface area contributed by atoms with Gasteiger partial charge in [-0.05, 0) is 85.7 Å². The summed E-state index contributed by atoms with van der Waals surface area (Å²) in [5, 5.41) is 2.82. The van der Waals surface area contributed by atoms with Crippen molar-refractivity contribution in [1.82, 2.24) is 14.9 Å². The summed E-state index contributed by atoms with van der Waals surface area (Å²) in [6, 6.07) is 11.1. The van der Waals surface area contributed by atoms with Gasteiger partial charge in [0, 0.05) is 24.9 Å². The van der Waals surface area contributed by atoms with Crippen molar-refractivity contribution in [3.63, 3.8) is 0 Å². The predicted molar refractivity (Wildman–Crippen MR) is 166 cm³/mol. The zero-order valence-electron chi connectivity index (χ0n) is 26.1. The van der Waals surface area contributed by atoms with Crippen molar-refractivity contribution in [1.29, 1.82) is 0 Å². The van der Waals surface area contributed by atoms with Crippen LogP contribution in [-0.2, 0) is 15.0 Å². The Balaban J connectivity index is 1.55. The van der Waals surface area contributed by atoms with E-state index >= 15 is 0 Å².